The summed E-state index contributed by atoms with van der Waals surface area (Å²) in [4.78, 5) is 26.0. The number of nitrogens with zero attached hydrogens (tertiary/aromatic N) is 1. The molecule has 1 aromatic rings. The van der Waals surface area contributed by atoms with Crippen LogP contribution in [0.1, 0.15) is 45.5 Å². The minimum Gasteiger partial charge on any atom is -0.312 e. The summed E-state index contributed by atoms with van der Waals surface area (Å²) < 4.78 is 0. The first-order chi connectivity index (χ1) is 9.16. The van der Waals surface area contributed by atoms with Crippen LogP contribution in [0.5, 0.6) is 0 Å². The van der Waals surface area contributed by atoms with E-state index in [1.54, 1.807) is 6.07 Å². The summed E-state index contributed by atoms with van der Waals surface area (Å²) in [5.41, 5.74) is 2.12. The van der Waals surface area contributed by atoms with Gasteiger partial charge >= 0.3 is 0 Å². The average Bonchev–Trinajstić information content (AvgIpc) is 2.65. The Labute approximate surface area is 112 Å². The highest BCUT2D eigenvalue weighted by Crippen LogP contribution is 2.24. The molecule has 3 rings (SSSR count). The second-order valence-electron chi connectivity index (χ2n) is 5.42. The molecule has 2 heterocycles. The molecule has 0 aliphatic carbocycles. The molecule has 4 nitrogen and oxygen atoms in total. The van der Waals surface area contributed by atoms with Crippen molar-refractivity contribution in [1.29, 1.82) is 0 Å². The van der Waals surface area contributed by atoms with E-state index in [1.165, 1.54) is 17.7 Å². The second kappa shape index (κ2) is 4.78. The molecule has 1 fully saturated rings. The summed E-state index contributed by atoms with van der Waals surface area (Å²) in [5.74, 6) is -0.288. The molecular formula is C15H18N2O2. The molecule has 100 valence electrons. The number of carbonyl (C=O) groups excluding carboxylic acids is 2. The van der Waals surface area contributed by atoms with E-state index in [9.17, 15) is 9.59 Å². The molecule has 1 unspecified atom stereocenters. The van der Waals surface area contributed by atoms with Gasteiger partial charge in [0.25, 0.3) is 11.8 Å². The van der Waals surface area contributed by atoms with Crippen LogP contribution in [0.2, 0.25) is 0 Å². The fraction of sp³-hybridized carbons (Fsp3) is 0.467. The summed E-state index contributed by atoms with van der Waals surface area (Å²) in [7, 11) is 0. The minimum absolute atomic E-state index is 0.143. The molecule has 4 heteroatoms. The molecule has 0 saturated carbocycles. The number of amides is 2. The molecule has 2 aliphatic heterocycles. The van der Waals surface area contributed by atoms with Crippen molar-refractivity contribution in [3.05, 3.63) is 34.9 Å². The lowest BCUT2D eigenvalue weighted by Crippen LogP contribution is -2.45. The maximum atomic E-state index is 12.3. The lowest BCUT2D eigenvalue weighted by molar-refractivity contribution is 0.0632. The van der Waals surface area contributed by atoms with E-state index in [4.69, 9.17) is 0 Å². The van der Waals surface area contributed by atoms with E-state index in [0.29, 0.717) is 17.7 Å². The number of rotatable bonds is 2. The molecule has 2 amide bonds. The van der Waals surface area contributed by atoms with Crippen LogP contribution in [0, 0.1) is 6.92 Å². The van der Waals surface area contributed by atoms with Gasteiger partial charge in [0.2, 0.25) is 0 Å². The maximum absolute atomic E-state index is 12.3. The quantitative estimate of drug-likeness (QED) is 0.822. The maximum Gasteiger partial charge on any atom is 0.261 e. The Balaban J connectivity index is 1.81. The van der Waals surface area contributed by atoms with Crippen molar-refractivity contribution in [1.82, 2.24) is 10.2 Å². The first-order valence-corrected chi connectivity index (χ1v) is 6.87. The molecular weight excluding hydrogens is 240 g/mol. The van der Waals surface area contributed by atoms with Gasteiger partial charge in [0.15, 0.2) is 0 Å². The fourth-order valence-corrected chi connectivity index (χ4v) is 2.87. The Morgan fingerprint density at radius 1 is 1.21 bits per heavy atom. The van der Waals surface area contributed by atoms with Gasteiger partial charge in [-0.25, -0.2) is 0 Å². The number of benzene rings is 1. The van der Waals surface area contributed by atoms with E-state index in [-0.39, 0.29) is 17.9 Å². The Bertz CT molecular complexity index is 533. The van der Waals surface area contributed by atoms with Gasteiger partial charge in [0.05, 0.1) is 11.1 Å². The van der Waals surface area contributed by atoms with Gasteiger partial charge in [-0.1, -0.05) is 18.1 Å². The van der Waals surface area contributed by atoms with Gasteiger partial charge in [-0.2, -0.15) is 0 Å². The number of aryl methyl sites for hydroxylation is 1. The largest absolute Gasteiger partial charge is 0.312 e. The highest BCUT2D eigenvalue weighted by atomic mass is 16.2. The van der Waals surface area contributed by atoms with Gasteiger partial charge in [-0.3, -0.25) is 14.5 Å². The van der Waals surface area contributed by atoms with Crippen LogP contribution >= 0.6 is 0 Å². The van der Waals surface area contributed by atoms with E-state index < -0.39 is 0 Å². The predicted molar refractivity (Wildman–Crippen MR) is 72.2 cm³/mol. The highest BCUT2D eigenvalue weighted by Gasteiger charge is 2.36. The Morgan fingerprint density at radius 2 is 2.00 bits per heavy atom. The Kier molecular flexibility index (Phi) is 3.11. The molecule has 0 spiro atoms. The third-order valence-electron chi connectivity index (χ3n) is 3.94. The number of fused-ring (bicyclic) bond motifs is 1. The third kappa shape index (κ3) is 2.16. The smallest absolute Gasteiger partial charge is 0.261 e. The number of imide groups is 1. The highest BCUT2D eigenvalue weighted by molar-refractivity contribution is 6.21. The first kappa shape index (κ1) is 12.4. The van der Waals surface area contributed by atoms with Gasteiger partial charge in [-0.05, 0) is 38.4 Å². The van der Waals surface area contributed by atoms with Crippen LogP contribution in [0.3, 0.4) is 0 Å². The minimum atomic E-state index is -0.146. The zero-order valence-electron chi connectivity index (χ0n) is 11.1. The van der Waals surface area contributed by atoms with Crippen LogP contribution in [-0.2, 0) is 0 Å². The van der Waals surface area contributed by atoms with Gasteiger partial charge in [-0.15, -0.1) is 0 Å². The fourth-order valence-electron chi connectivity index (χ4n) is 2.87. The third-order valence-corrected chi connectivity index (χ3v) is 3.94. The van der Waals surface area contributed by atoms with Crippen molar-refractivity contribution in [2.24, 2.45) is 0 Å². The monoisotopic (exact) mass is 258 g/mol. The number of piperidine rings is 1. The predicted octanol–water partition coefficient (Wildman–Crippen LogP) is 1.73. The summed E-state index contributed by atoms with van der Waals surface area (Å²) >= 11 is 0. The zero-order valence-corrected chi connectivity index (χ0v) is 11.1. The number of hydrogen-bond acceptors (Lipinski definition) is 3. The van der Waals surface area contributed by atoms with Crippen molar-refractivity contribution in [3.8, 4) is 0 Å². The van der Waals surface area contributed by atoms with Crippen LogP contribution in [0.25, 0.3) is 0 Å². The summed E-state index contributed by atoms with van der Waals surface area (Å²) in [6.07, 6.45) is 3.38. The lowest BCUT2D eigenvalue weighted by Gasteiger charge is -2.27. The van der Waals surface area contributed by atoms with Crippen molar-refractivity contribution in [3.63, 3.8) is 0 Å². The molecule has 0 bridgehead atoms. The number of nitrogens with one attached hydrogen (secondary N) is 1. The normalized spacial score (nSPS) is 22.8. The number of hydrogen-bond donors (Lipinski definition) is 1. The Morgan fingerprint density at radius 3 is 2.74 bits per heavy atom. The molecule has 0 radical (unpaired) electrons. The lowest BCUT2D eigenvalue weighted by atomic mass is 10.0. The zero-order chi connectivity index (χ0) is 13.4. The topological polar surface area (TPSA) is 49.4 Å². The Hall–Kier alpha value is -1.68. The molecule has 1 atom stereocenters. The molecule has 19 heavy (non-hydrogen) atoms. The van der Waals surface area contributed by atoms with Crippen LogP contribution in [-0.4, -0.2) is 35.8 Å². The summed E-state index contributed by atoms with van der Waals surface area (Å²) in [6, 6.07) is 5.70. The van der Waals surface area contributed by atoms with Crippen molar-refractivity contribution in [2.45, 2.75) is 32.2 Å². The molecule has 1 N–H and O–H groups in total. The van der Waals surface area contributed by atoms with Crippen molar-refractivity contribution >= 4 is 11.8 Å². The van der Waals surface area contributed by atoms with Crippen LogP contribution in [0.4, 0.5) is 0 Å². The van der Waals surface area contributed by atoms with E-state index in [0.717, 1.165) is 18.5 Å². The van der Waals surface area contributed by atoms with Crippen molar-refractivity contribution in [2.75, 3.05) is 13.1 Å². The SMILES string of the molecule is Cc1ccc2c(c1)C(=O)N(CC1CCCCN1)C2=O. The molecule has 0 aromatic heterocycles. The van der Waals surface area contributed by atoms with E-state index in [2.05, 4.69) is 5.32 Å². The average molecular weight is 258 g/mol. The first-order valence-electron chi connectivity index (χ1n) is 6.87. The van der Waals surface area contributed by atoms with E-state index >= 15 is 0 Å². The second-order valence-corrected chi connectivity index (χ2v) is 5.42. The van der Waals surface area contributed by atoms with Crippen LogP contribution < -0.4 is 5.32 Å². The van der Waals surface area contributed by atoms with Crippen molar-refractivity contribution < 1.29 is 9.59 Å². The van der Waals surface area contributed by atoms with Gasteiger partial charge in [0.1, 0.15) is 0 Å². The standard InChI is InChI=1S/C15H18N2O2/c1-10-5-6-12-13(8-10)15(19)17(14(12)18)9-11-4-2-3-7-16-11/h5-6,8,11,16H,2-4,7,9H2,1H3. The summed E-state index contributed by atoms with van der Waals surface area (Å²) in [6.45, 7) is 3.40. The molecule has 1 saturated heterocycles. The summed E-state index contributed by atoms with van der Waals surface area (Å²) in [5, 5.41) is 3.38. The molecule has 1 aromatic carbocycles. The number of carbonyl (C=O) groups is 2. The van der Waals surface area contributed by atoms with Gasteiger partial charge < -0.3 is 5.32 Å². The van der Waals surface area contributed by atoms with Crippen LogP contribution in [0.15, 0.2) is 18.2 Å². The molecule has 2 aliphatic rings. The van der Waals surface area contributed by atoms with Gasteiger partial charge in [0, 0.05) is 12.6 Å². The van der Waals surface area contributed by atoms with E-state index in [1.807, 2.05) is 19.1 Å².